The fourth-order valence-electron chi connectivity index (χ4n) is 3.44. The number of H-pyrrole nitrogens is 1. The fourth-order valence-corrected chi connectivity index (χ4v) is 3.44. The quantitative estimate of drug-likeness (QED) is 0.648. The maximum absolute atomic E-state index is 13.9. The number of alkyl halides is 3. The number of nitrogens with zero attached hydrogens (tertiary/aromatic N) is 1. The van der Waals surface area contributed by atoms with Crippen LogP contribution in [0, 0.1) is 0 Å². The SMILES string of the molecule is COc1ccccc1CCn1c2c(c(=O)[nH]c1=O)[C@@](NC(C)=O)(C(F)(F)F)C(=O)N2. The molecule has 3 rings (SSSR count). The zero-order chi connectivity index (χ0) is 22.3. The summed E-state index contributed by atoms with van der Waals surface area (Å²) in [4.78, 5) is 50.3. The first-order chi connectivity index (χ1) is 14.0. The van der Waals surface area contributed by atoms with Crippen molar-refractivity contribution < 1.29 is 27.5 Å². The maximum atomic E-state index is 13.9. The number of halogens is 3. The van der Waals surface area contributed by atoms with Crippen LogP contribution in [0.1, 0.15) is 18.1 Å². The van der Waals surface area contributed by atoms with E-state index >= 15 is 0 Å². The minimum Gasteiger partial charge on any atom is -0.496 e. The Balaban J connectivity index is 2.16. The summed E-state index contributed by atoms with van der Waals surface area (Å²) in [7, 11) is 1.44. The van der Waals surface area contributed by atoms with E-state index in [1.807, 2.05) is 5.32 Å². The Morgan fingerprint density at radius 1 is 1.23 bits per heavy atom. The van der Waals surface area contributed by atoms with Gasteiger partial charge in [0.15, 0.2) is 0 Å². The third kappa shape index (κ3) is 3.23. The second-order valence-corrected chi connectivity index (χ2v) is 6.58. The van der Waals surface area contributed by atoms with E-state index in [9.17, 15) is 32.3 Å². The summed E-state index contributed by atoms with van der Waals surface area (Å²) in [5, 5.41) is 3.50. The highest BCUT2D eigenvalue weighted by atomic mass is 19.4. The summed E-state index contributed by atoms with van der Waals surface area (Å²) < 4.78 is 47.8. The molecule has 1 aromatic heterocycles. The van der Waals surface area contributed by atoms with Crippen molar-refractivity contribution in [3.05, 3.63) is 56.2 Å². The highest BCUT2D eigenvalue weighted by molar-refractivity contribution is 6.07. The number of benzene rings is 1. The summed E-state index contributed by atoms with van der Waals surface area (Å²) in [6.07, 6.45) is -5.19. The maximum Gasteiger partial charge on any atom is 0.425 e. The molecule has 1 aliphatic rings. The van der Waals surface area contributed by atoms with Gasteiger partial charge in [0.1, 0.15) is 17.1 Å². The van der Waals surface area contributed by atoms with Crippen molar-refractivity contribution in [1.82, 2.24) is 14.9 Å². The van der Waals surface area contributed by atoms with Crippen molar-refractivity contribution in [2.75, 3.05) is 12.4 Å². The van der Waals surface area contributed by atoms with E-state index in [1.54, 1.807) is 34.6 Å². The summed E-state index contributed by atoms with van der Waals surface area (Å²) in [5.41, 5.74) is -6.47. The van der Waals surface area contributed by atoms with Gasteiger partial charge in [-0.3, -0.25) is 23.9 Å². The lowest BCUT2D eigenvalue weighted by Gasteiger charge is -2.29. The average molecular weight is 426 g/mol. The van der Waals surface area contributed by atoms with Gasteiger partial charge < -0.3 is 15.4 Å². The molecule has 2 heterocycles. The Kier molecular flexibility index (Phi) is 5.18. The van der Waals surface area contributed by atoms with Crippen molar-refractivity contribution in [1.29, 1.82) is 0 Å². The molecule has 0 bridgehead atoms. The summed E-state index contributed by atoms with van der Waals surface area (Å²) in [5.74, 6) is -2.97. The van der Waals surface area contributed by atoms with E-state index in [2.05, 4.69) is 0 Å². The van der Waals surface area contributed by atoms with E-state index in [1.165, 1.54) is 7.11 Å². The van der Waals surface area contributed by atoms with Gasteiger partial charge in [-0.25, -0.2) is 4.79 Å². The van der Waals surface area contributed by atoms with Gasteiger partial charge in [-0.1, -0.05) is 18.2 Å². The van der Waals surface area contributed by atoms with Gasteiger partial charge in [0.2, 0.25) is 11.4 Å². The number of rotatable bonds is 5. The van der Waals surface area contributed by atoms with Crippen LogP contribution in [0.3, 0.4) is 0 Å². The van der Waals surface area contributed by atoms with Crippen molar-refractivity contribution >= 4 is 17.6 Å². The molecule has 0 spiro atoms. The van der Waals surface area contributed by atoms with Crippen LogP contribution < -0.4 is 26.6 Å². The molecule has 1 aromatic carbocycles. The third-order valence-corrected chi connectivity index (χ3v) is 4.73. The van der Waals surface area contributed by atoms with Crippen LogP contribution in [0.2, 0.25) is 0 Å². The number of anilines is 1. The number of ether oxygens (including phenoxy) is 1. The summed E-state index contributed by atoms with van der Waals surface area (Å²) in [6.45, 7) is 0.608. The third-order valence-electron chi connectivity index (χ3n) is 4.73. The molecule has 0 fully saturated rings. The van der Waals surface area contributed by atoms with Gasteiger partial charge in [0.25, 0.3) is 11.5 Å². The van der Waals surface area contributed by atoms with E-state index in [-0.39, 0.29) is 13.0 Å². The molecule has 12 heteroatoms. The highest BCUT2D eigenvalue weighted by Gasteiger charge is 2.68. The minimum absolute atomic E-state index is 0.150. The largest absolute Gasteiger partial charge is 0.496 e. The van der Waals surface area contributed by atoms with Crippen molar-refractivity contribution in [3.8, 4) is 5.75 Å². The predicted molar refractivity (Wildman–Crippen MR) is 98.2 cm³/mol. The van der Waals surface area contributed by atoms with Crippen molar-refractivity contribution in [2.45, 2.75) is 31.6 Å². The fraction of sp³-hybridized carbons (Fsp3) is 0.333. The Labute approximate surface area is 166 Å². The molecule has 160 valence electrons. The lowest BCUT2D eigenvalue weighted by atomic mass is 9.92. The zero-order valence-corrected chi connectivity index (χ0v) is 15.8. The first kappa shape index (κ1) is 21.1. The molecule has 9 nitrogen and oxygen atoms in total. The predicted octanol–water partition coefficient (Wildman–Crippen LogP) is 0.634. The zero-order valence-electron chi connectivity index (χ0n) is 15.8. The van der Waals surface area contributed by atoms with Crippen LogP contribution >= 0.6 is 0 Å². The molecule has 2 amide bonds. The van der Waals surface area contributed by atoms with Gasteiger partial charge in [0, 0.05) is 13.5 Å². The molecule has 1 aliphatic heterocycles. The number of fused-ring (bicyclic) bond motifs is 1. The number of nitrogens with one attached hydrogen (secondary N) is 3. The number of carbonyl (C=O) groups is 2. The Morgan fingerprint density at radius 2 is 1.90 bits per heavy atom. The topological polar surface area (TPSA) is 122 Å². The number of carbonyl (C=O) groups excluding carboxylic acids is 2. The second kappa shape index (κ2) is 7.35. The van der Waals surface area contributed by atoms with E-state index in [0.717, 1.165) is 11.5 Å². The number of aromatic amines is 1. The van der Waals surface area contributed by atoms with Crippen LogP contribution in [-0.4, -0.2) is 34.7 Å². The van der Waals surface area contributed by atoms with Gasteiger partial charge in [-0.15, -0.1) is 0 Å². The van der Waals surface area contributed by atoms with Crippen LogP contribution in [0.4, 0.5) is 19.0 Å². The lowest BCUT2D eigenvalue weighted by molar-refractivity contribution is -0.200. The molecule has 0 saturated carbocycles. The molecular weight excluding hydrogens is 409 g/mol. The first-order valence-corrected chi connectivity index (χ1v) is 8.69. The number of methoxy groups -OCH3 is 1. The van der Waals surface area contributed by atoms with Crippen LogP contribution in [-0.2, 0) is 28.1 Å². The molecule has 3 N–H and O–H groups in total. The molecular formula is C18H17F3N4O5. The highest BCUT2D eigenvalue weighted by Crippen LogP contribution is 2.44. The summed E-state index contributed by atoms with van der Waals surface area (Å²) >= 11 is 0. The number of para-hydroxylation sites is 1. The second-order valence-electron chi connectivity index (χ2n) is 6.58. The summed E-state index contributed by atoms with van der Waals surface area (Å²) in [6, 6.07) is 6.80. The number of hydrogen-bond donors (Lipinski definition) is 3. The Hall–Kier alpha value is -3.57. The molecule has 2 aromatic rings. The molecule has 0 unspecified atom stereocenters. The molecule has 0 saturated heterocycles. The van der Waals surface area contributed by atoms with Gasteiger partial charge in [0.05, 0.1) is 7.11 Å². The van der Waals surface area contributed by atoms with Crippen LogP contribution in [0.15, 0.2) is 33.9 Å². The van der Waals surface area contributed by atoms with Gasteiger partial charge >= 0.3 is 11.9 Å². The van der Waals surface area contributed by atoms with Crippen LogP contribution in [0.25, 0.3) is 0 Å². The number of aromatic nitrogens is 2. The van der Waals surface area contributed by atoms with E-state index in [0.29, 0.717) is 11.3 Å². The average Bonchev–Trinajstić information content (AvgIpc) is 2.94. The molecule has 0 radical (unpaired) electrons. The van der Waals surface area contributed by atoms with Gasteiger partial charge in [-0.2, -0.15) is 13.2 Å². The lowest BCUT2D eigenvalue weighted by Crippen LogP contribution is -2.61. The Bertz CT molecular complexity index is 1140. The van der Waals surface area contributed by atoms with E-state index < -0.39 is 46.2 Å². The number of amides is 2. The minimum atomic E-state index is -5.34. The monoisotopic (exact) mass is 426 g/mol. The van der Waals surface area contributed by atoms with Gasteiger partial charge in [-0.05, 0) is 18.1 Å². The number of aryl methyl sites for hydroxylation is 1. The van der Waals surface area contributed by atoms with E-state index in [4.69, 9.17) is 4.74 Å². The first-order valence-electron chi connectivity index (χ1n) is 8.69. The van der Waals surface area contributed by atoms with Crippen molar-refractivity contribution in [2.24, 2.45) is 0 Å². The Morgan fingerprint density at radius 3 is 2.50 bits per heavy atom. The number of hydrogen-bond acceptors (Lipinski definition) is 5. The molecule has 0 aliphatic carbocycles. The normalized spacial score (nSPS) is 18.0. The van der Waals surface area contributed by atoms with Crippen molar-refractivity contribution in [3.63, 3.8) is 0 Å². The molecule has 30 heavy (non-hydrogen) atoms. The standard InChI is InChI=1S/C18H17F3N4O5/c1-9(26)24-17(18(19,20)21)12-13(22-15(17)28)25(16(29)23-14(12)27)8-7-10-5-3-4-6-11(10)30-2/h3-6H,7-8H2,1-2H3,(H,22,28)(H,24,26)(H,23,27,29)/t17-/m0/s1. The van der Waals surface area contributed by atoms with Crippen LogP contribution in [0.5, 0.6) is 5.75 Å². The molecule has 1 atom stereocenters. The smallest absolute Gasteiger partial charge is 0.425 e.